The van der Waals surface area contributed by atoms with Gasteiger partial charge in [-0.2, -0.15) is 0 Å². The Kier molecular flexibility index (Phi) is 4.54. The van der Waals surface area contributed by atoms with Gasteiger partial charge in [-0.15, -0.1) is 0 Å². The van der Waals surface area contributed by atoms with Crippen LogP contribution in [0.25, 0.3) is 10.8 Å². The van der Waals surface area contributed by atoms with Crippen LogP contribution in [0.2, 0.25) is 10.0 Å². The van der Waals surface area contributed by atoms with Crippen molar-refractivity contribution in [3.8, 4) is 10.7 Å². The molecule has 3 aromatic rings. The molecule has 102 valence electrons. The van der Waals surface area contributed by atoms with Crippen LogP contribution < -0.4 is 4.46 Å². The molecule has 0 saturated heterocycles. The van der Waals surface area contributed by atoms with Crippen LogP contribution in [0, 0.1) is 10.7 Å². The van der Waals surface area contributed by atoms with Gasteiger partial charge >= 0.3 is 140 Å². The summed E-state index contributed by atoms with van der Waals surface area (Å²) in [7, 11) is 0. The second kappa shape index (κ2) is 6.56. The minimum atomic E-state index is 0.0597. The van der Waals surface area contributed by atoms with Gasteiger partial charge in [0, 0.05) is 0 Å². The average Bonchev–Trinajstić information content (AvgIpc) is 2.50. The van der Waals surface area contributed by atoms with E-state index in [0.717, 1.165) is 26.4 Å². The summed E-state index contributed by atoms with van der Waals surface area (Å²) in [5.74, 6) is 3.18. The molecule has 0 unspecified atom stereocenters. The Bertz CT molecular complexity index is 837. The van der Waals surface area contributed by atoms with Crippen molar-refractivity contribution in [3.63, 3.8) is 0 Å². The average molecular weight is 376 g/mol. The molecule has 0 aliphatic heterocycles. The monoisotopic (exact) mass is 376 g/mol. The van der Waals surface area contributed by atoms with Gasteiger partial charge < -0.3 is 0 Å². The van der Waals surface area contributed by atoms with Gasteiger partial charge in [0.25, 0.3) is 0 Å². The first-order valence-electron chi connectivity index (χ1n) is 6.35. The van der Waals surface area contributed by atoms with Gasteiger partial charge in [-0.3, -0.25) is 0 Å². The molecule has 0 aromatic heterocycles. The summed E-state index contributed by atoms with van der Waals surface area (Å²) in [6.07, 6.45) is 0. The van der Waals surface area contributed by atoms with Crippen molar-refractivity contribution in [2.45, 2.75) is 0 Å². The van der Waals surface area contributed by atoms with Gasteiger partial charge in [-0.25, -0.2) is 0 Å². The Morgan fingerprint density at radius 2 is 1.52 bits per heavy atom. The van der Waals surface area contributed by atoms with Gasteiger partial charge in [-0.05, 0) is 0 Å². The van der Waals surface area contributed by atoms with E-state index in [1.54, 1.807) is 0 Å². The van der Waals surface area contributed by atoms with Gasteiger partial charge in [0.15, 0.2) is 0 Å². The van der Waals surface area contributed by atoms with Crippen molar-refractivity contribution in [1.82, 2.24) is 0 Å². The van der Waals surface area contributed by atoms with E-state index >= 15 is 0 Å². The fraction of sp³-hybridized carbons (Fsp3) is 0. The van der Waals surface area contributed by atoms with Crippen molar-refractivity contribution in [3.05, 3.63) is 76.3 Å². The molecule has 0 N–H and O–H groups in total. The maximum atomic E-state index is 6.32. The summed E-state index contributed by atoms with van der Waals surface area (Å²) in [5, 5.41) is 3.80. The van der Waals surface area contributed by atoms with E-state index in [-0.39, 0.29) is 15.0 Å². The second-order valence-electron chi connectivity index (χ2n) is 4.43. The van der Waals surface area contributed by atoms with E-state index in [0.29, 0.717) is 0 Å². The molecule has 0 nitrogen and oxygen atoms in total. The van der Waals surface area contributed by atoms with Crippen LogP contribution in [0.4, 0.5) is 0 Å². The summed E-state index contributed by atoms with van der Waals surface area (Å²) in [6, 6.07) is 19.8. The first-order valence-corrected chi connectivity index (χ1v) is 8.81. The van der Waals surface area contributed by atoms with Crippen molar-refractivity contribution in [1.29, 1.82) is 0 Å². The summed E-state index contributed by atoms with van der Waals surface area (Å²) >= 11 is 12.2. The predicted octanol–water partition coefficient (Wildman–Crippen LogP) is 4.49. The maximum absolute atomic E-state index is 6.32. The van der Waals surface area contributed by atoms with E-state index in [2.05, 4.69) is 35.0 Å². The Hall–Kier alpha value is -1.42. The zero-order chi connectivity index (χ0) is 14.7. The zero-order valence-corrected chi connectivity index (χ0v) is 14.2. The standard InChI is InChI=1S/C18H10Cl2Se/c19-15-9-7-13(8-10-15)11-12-21-17-6-2-4-14-3-1-5-16(20)18(14)17/h1-10H. The Labute approximate surface area is 140 Å². The van der Waals surface area contributed by atoms with Crippen LogP contribution in [0.3, 0.4) is 0 Å². The molecule has 3 rings (SSSR count). The SMILES string of the molecule is Clc1ccc(C#C[Se]c2cccc3cccc(Cl)c23)cc1. The topological polar surface area (TPSA) is 0 Å². The van der Waals surface area contributed by atoms with Crippen molar-refractivity contribution < 1.29 is 0 Å². The molecule has 21 heavy (non-hydrogen) atoms. The van der Waals surface area contributed by atoms with Gasteiger partial charge in [0.1, 0.15) is 0 Å². The molecule has 0 fully saturated rings. The first kappa shape index (κ1) is 14.5. The normalized spacial score (nSPS) is 10.2. The third-order valence-electron chi connectivity index (χ3n) is 3.02. The van der Waals surface area contributed by atoms with Crippen molar-refractivity contribution in [2.24, 2.45) is 0 Å². The Morgan fingerprint density at radius 3 is 2.29 bits per heavy atom. The van der Waals surface area contributed by atoms with Crippen LogP contribution >= 0.6 is 23.2 Å². The summed E-state index contributed by atoms with van der Waals surface area (Å²) in [6.45, 7) is 0. The molecule has 0 radical (unpaired) electrons. The third kappa shape index (κ3) is 3.43. The molecule has 3 heteroatoms. The van der Waals surface area contributed by atoms with Crippen LogP contribution in [0.1, 0.15) is 5.56 Å². The number of hydrogen-bond acceptors (Lipinski definition) is 0. The fourth-order valence-electron chi connectivity index (χ4n) is 2.02. The van der Waals surface area contributed by atoms with Gasteiger partial charge in [0.05, 0.1) is 0 Å². The molecule has 0 saturated carbocycles. The molecular formula is C18H10Cl2Se. The van der Waals surface area contributed by atoms with Crippen LogP contribution in [-0.2, 0) is 0 Å². The number of benzene rings is 3. The van der Waals surface area contributed by atoms with Crippen LogP contribution in [-0.4, -0.2) is 15.0 Å². The molecule has 0 atom stereocenters. The van der Waals surface area contributed by atoms with Crippen molar-refractivity contribution >= 4 is 53.4 Å². The van der Waals surface area contributed by atoms with Gasteiger partial charge in [-0.1, -0.05) is 0 Å². The zero-order valence-electron chi connectivity index (χ0n) is 10.9. The molecule has 0 heterocycles. The number of rotatable bonds is 1. The molecule has 3 aromatic carbocycles. The fourth-order valence-corrected chi connectivity index (χ4v) is 4.14. The van der Waals surface area contributed by atoms with E-state index in [4.69, 9.17) is 23.2 Å². The summed E-state index contributed by atoms with van der Waals surface area (Å²) in [4.78, 5) is 3.27. The summed E-state index contributed by atoms with van der Waals surface area (Å²) in [5.41, 5.74) is 0.979. The van der Waals surface area contributed by atoms with E-state index in [1.165, 1.54) is 4.46 Å². The Morgan fingerprint density at radius 1 is 0.810 bits per heavy atom. The van der Waals surface area contributed by atoms with E-state index in [1.807, 2.05) is 36.4 Å². The molecular weight excluding hydrogens is 366 g/mol. The molecule has 0 bridgehead atoms. The summed E-state index contributed by atoms with van der Waals surface area (Å²) < 4.78 is 1.21. The molecule has 0 amide bonds. The minimum absolute atomic E-state index is 0.0597. The third-order valence-corrected chi connectivity index (χ3v) is 5.19. The van der Waals surface area contributed by atoms with E-state index in [9.17, 15) is 0 Å². The predicted molar refractivity (Wildman–Crippen MR) is 92.7 cm³/mol. The van der Waals surface area contributed by atoms with Crippen LogP contribution in [0.5, 0.6) is 0 Å². The number of hydrogen-bond donors (Lipinski definition) is 0. The van der Waals surface area contributed by atoms with Gasteiger partial charge in [0.2, 0.25) is 0 Å². The van der Waals surface area contributed by atoms with E-state index < -0.39 is 0 Å². The van der Waals surface area contributed by atoms with Crippen LogP contribution in [0.15, 0.2) is 60.7 Å². The first-order chi connectivity index (χ1) is 10.2. The quantitative estimate of drug-likeness (QED) is 0.434. The molecule has 0 aliphatic carbocycles. The number of fused-ring (bicyclic) bond motifs is 1. The number of halogens is 2. The molecule has 0 spiro atoms. The van der Waals surface area contributed by atoms with Crippen molar-refractivity contribution in [2.75, 3.05) is 0 Å². The second-order valence-corrected chi connectivity index (χ2v) is 7.05. The Balaban J connectivity index is 1.91. The molecule has 0 aliphatic rings.